The van der Waals surface area contributed by atoms with Crippen molar-refractivity contribution in [3.05, 3.63) is 59.2 Å². The van der Waals surface area contributed by atoms with Crippen LogP contribution in [-0.4, -0.2) is 44.1 Å². The molecule has 0 aliphatic carbocycles. The summed E-state index contributed by atoms with van der Waals surface area (Å²) >= 11 is 0. The van der Waals surface area contributed by atoms with Crippen LogP contribution in [0.4, 0.5) is 16.2 Å². The maximum atomic E-state index is 13.4. The Morgan fingerprint density at radius 3 is 2.39 bits per heavy atom. The molecule has 0 spiro atoms. The third-order valence-electron chi connectivity index (χ3n) is 6.49. The van der Waals surface area contributed by atoms with Gasteiger partial charge in [0.2, 0.25) is 0 Å². The highest BCUT2D eigenvalue weighted by molar-refractivity contribution is 6.39. The quantitative estimate of drug-likeness (QED) is 0.464. The van der Waals surface area contributed by atoms with Crippen molar-refractivity contribution < 1.29 is 23.9 Å². The van der Waals surface area contributed by atoms with E-state index < -0.39 is 17.8 Å². The van der Waals surface area contributed by atoms with E-state index in [1.807, 2.05) is 18.2 Å². The van der Waals surface area contributed by atoms with Gasteiger partial charge in [0.15, 0.2) is 0 Å². The van der Waals surface area contributed by atoms with E-state index in [1.165, 1.54) is 20.3 Å². The van der Waals surface area contributed by atoms with Crippen LogP contribution in [-0.2, 0) is 9.59 Å². The fourth-order valence-corrected chi connectivity index (χ4v) is 4.84. The molecule has 2 aliphatic heterocycles. The van der Waals surface area contributed by atoms with Crippen molar-refractivity contribution in [3.8, 4) is 11.5 Å². The van der Waals surface area contributed by atoms with Crippen molar-refractivity contribution in [1.29, 1.82) is 0 Å². The van der Waals surface area contributed by atoms with Crippen molar-refractivity contribution in [2.75, 3.05) is 30.6 Å². The Labute approximate surface area is 211 Å². The van der Waals surface area contributed by atoms with Crippen LogP contribution in [0.5, 0.6) is 11.5 Å². The van der Waals surface area contributed by atoms with E-state index in [0.29, 0.717) is 11.3 Å². The van der Waals surface area contributed by atoms with E-state index in [1.54, 1.807) is 18.2 Å². The van der Waals surface area contributed by atoms with Gasteiger partial charge in [-0.05, 0) is 68.7 Å². The van der Waals surface area contributed by atoms with Gasteiger partial charge in [-0.2, -0.15) is 0 Å². The third-order valence-corrected chi connectivity index (χ3v) is 6.49. The summed E-state index contributed by atoms with van der Waals surface area (Å²) in [5.41, 5.74) is 3.92. The van der Waals surface area contributed by atoms with Gasteiger partial charge in [0.05, 0.1) is 25.4 Å². The highest BCUT2D eigenvalue weighted by atomic mass is 16.5. The number of barbiturate groups is 1. The van der Waals surface area contributed by atoms with Gasteiger partial charge in [-0.3, -0.25) is 14.9 Å². The number of nitrogens with zero attached hydrogens (tertiary/aromatic N) is 2. The van der Waals surface area contributed by atoms with Gasteiger partial charge in [-0.15, -0.1) is 0 Å². The smallest absolute Gasteiger partial charge is 0.336 e. The standard InChI is InChI=1S/C28H31N3O5/c1-7-12-30-22-10-8-18(13-20(22)17(2)16-28(30,3)4)14-21-25(32)29-27(34)31(26(21)33)23-11-9-19(35-5)15-24(23)36-6/h8-11,13-16H,7,12H2,1-6H3,(H,29,32,34)/b21-14-. The summed E-state index contributed by atoms with van der Waals surface area (Å²) in [5.74, 6) is -0.705. The van der Waals surface area contributed by atoms with Gasteiger partial charge in [0, 0.05) is 23.9 Å². The number of ether oxygens (including phenoxy) is 2. The molecule has 0 radical (unpaired) electrons. The molecule has 0 saturated carbocycles. The SMILES string of the molecule is CCCN1c2ccc(/C=C3/C(=O)NC(=O)N(c4ccc(OC)cc4OC)C3=O)cc2C(C)=CC1(C)C. The zero-order chi connectivity index (χ0) is 26.2. The number of imide groups is 2. The number of urea groups is 1. The molecule has 0 unspecified atom stereocenters. The molecular weight excluding hydrogens is 458 g/mol. The monoisotopic (exact) mass is 489 g/mol. The average molecular weight is 490 g/mol. The molecule has 0 atom stereocenters. The number of benzene rings is 2. The van der Waals surface area contributed by atoms with Crippen LogP contribution in [0.15, 0.2) is 48.0 Å². The number of hydrogen-bond donors (Lipinski definition) is 1. The molecule has 4 amide bonds. The minimum absolute atomic E-state index is 0.120. The minimum atomic E-state index is -0.840. The van der Waals surface area contributed by atoms with Crippen molar-refractivity contribution in [2.45, 2.75) is 39.7 Å². The lowest BCUT2D eigenvalue weighted by molar-refractivity contribution is -0.122. The first kappa shape index (κ1) is 25.0. The second-order valence-corrected chi connectivity index (χ2v) is 9.40. The van der Waals surface area contributed by atoms with Crippen LogP contribution < -0.4 is 24.6 Å². The first-order valence-electron chi connectivity index (χ1n) is 11.9. The zero-order valence-electron chi connectivity index (χ0n) is 21.5. The molecule has 8 nitrogen and oxygen atoms in total. The average Bonchev–Trinajstić information content (AvgIpc) is 2.84. The molecule has 2 aromatic carbocycles. The minimum Gasteiger partial charge on any atom is -0.497 e. The highest BCUT2D eigenvalue weighted by Crippen LogP contribution is 2.40. The van der Waals surface area contributed by atoms with Gasteiger partial charge in [-0.25, -0.2) is 9.69 Å². The van der Waals surface area contributed by atoms with E-state index in [4.69, 9.17) is 9.47 Å². The van der Waals surface area contributed by atoms with Gasteiger partial charge < -0.3 is 14.4 Å². The van der Waals surface area contributed by atoms with E-state index >= 15 is 0 Å². The lowest BCUT2D eigenvalue weighted by Gasteiger charge is -2.43. The van der Waals surface area contributed by atoms with Crippen LogP contribution in [0.1, 0.15) is 45.2 Å². The number of carbonyl (C=O) groups excluding carboxylic acids is 3. The third kappa shape index (κ3) is 4.34. The predicted molar refractivity (Wildman–Crippen MR) is 140 cm³/mol. The van der Waals surface area contributed by atoms with Crippen molar-refractivity contribution >= 4 is 40.9 Å². The molecule has 1 saturated heterocycles. The number of nitrogens with one attached hydrogen (secondary N) is 1. The summed E-state index contributed by atoms with van der Waals surface area (Å²) in [6.45, 7) is 9.50. The van der Waals surface area contributed by atoms with Crippen molar-refractivity contribution in [1.82, 2.24) is 5.32 Å². The van der Waals surface area contributed by atoms with Gasteiger partial charge in [0.1, 0.15) is 17.1 Å². The number of hydrogen-bond acceptors (Lipinski definition) is 6. The Morgan fingerprint density at radius 2 is 1.72 bits per heavy atom. The molecule has 0 bridgehead atoms. The van der Waals surface area contributed by atoms with Crippen LogP contribution in [0.2, 0.25) is 0 Å². The first-order chi connectivity index (χ1) is 17.1. The fraction of sp³-hybridized carbons (Fsp3) is 0.321. The topological polar surface area (TPSA) is 88.2 Å². The molecule has 36 heavy (non-hydrogen) atoms. The summed E-state index contributed by atoms with van der Waals surface area (Å²) in [6.07, 6.45) is 4.76. The lowest BCUT2D eigenvalue weighted by Crippen LogP contribution is -2.54. The second kappa shape index (κ2) is 9.53. The largest absolute Gasteiger partial charge is 0.497 e. The van der Waals surface area contributed by atoms with E-state index in [9.17, 15) is 14.4 Å². The Hall–Kier alpha value is -4.07. The molecule has 0 aromatic heterocycles. The number of methoxy groups -OCH3 is 2. The summed E-state index contributed by atoms with van der Waals surface area (Å²) in [7, 11) is 2.93. The fourth-order valence-electron chi connectivity index (χ4n) is 4.84. The maximum Gasteiger partial charge on any atom is 0.336 e. The maximum absolute atomic E-state index is 13.4. The number of fused-ring (bicyclic) bond motifs is 1. The zero-order valence-corrected chi connectivity index (χ0v) is 21.5. The van der Waals surface area contributed by atoms with Crippen LogP contribution in [0, 0.1) is 0 Å². The molecule has 8 heteroatoms. The number of rotatable bonds is 6. The predicted octanol–water partition coefficient (Wildman–Crippen LogP) is 4.78. The lowest BCUT2D eigenvalue weighted by atomic mass is 9.87. The molecule has 1 fully saturated rings. The van der Waals surface area contributed by atoms with Crippen LogP contribution >= 0.6 is 0 Å². The Balaban J connectivity index is 1.75. The van der Waals surface area contributed by atoms with Crippen molar-refractivity contribution in [3.63, 3.8) is 0 Å². The molecule has 2 aromatic rings. The number of allylic oxidation sites excluding steroid dienone is 1. The number of amides is 4. The summed E-state index contributed by atoms with van der Waals surface area (Å²) in [6, 6.07) is 9.76. The molecule has 2 aliphatic rings. The number of carbonyl (C=O) groups is 3. The van der Waals surface area contributed by atoms with Crippen LogP contribution in [0.25, 0.3) is 11.6 Å². The Kier molecular flexibility index (Phi) is 6.63. The van der Waals surface area contributed by atoms with Crippen LogP contribution in [0.3, 0.4) is 0 Å². The van der Waals surface area contributed by atoms with Gasteiger partial charge in [-0.1, -0.05) is 19.1 Å². The summed E-state index contributed by atoms with van der Waals surface area (Å²) < 4.78 is 10.6. The summed E-state index contributed by atoms with van der Waals surface area (Å²) in [5, 5.41) is 2.27. The number of anilines is 2. The molecule has 4 rings (SSSR count). The van der Waals surface area contributed by atoms with Gasteiger partial charge >= 0.3 is 6.03 Å². The molecule has 2 heterocycles. The Bertz CT molecular complexity index is 1310. The van der Waals surface area contributed by atoms with E-state index in [-0.39, 0.29) is 22.5 Å². The Morgan fingerprint density at radius 1 is 1.00 bits per heavy atom. The first-order valence-corrected chi connectivity index (χ1v) is 11.9. The van der Waals surface area contributed by atoms with E-state index in [2.05, 4.69) is 44.0 Å². The summed E-state index contributed by atoms with van der Waals surface area (Å²) in [4.78, 5) is 42.1. The normalized spacial score (nSPS) is 18.1. The molecule has 1 N–H and O–H groups in total. The molecular formula is C28H31N3O5. The van der Waals surface area contributed by atoms with Gasteiger partial charge in [0.25, 0.3) is 11.8 Å². The highest BCUT2D eigenvalue weighted by Gasteiger charge is 2.38. The van der Waals surface area contributed by atoms with E-state index in [0.717, 1.165) is 34.7 Å². The van der Waals surface area contributed by atoms with Crippen molar-refractivity contribution in [2.24, 2.45) is 0 Å². The second-order valence-electron chi connectivity index (χ2n) is 9.40. The molecule has 188 valence electrons.